The van der Waals surface area contributed by atoms with Gasteiger partial charge in [0.05, 0.1) is 61.9 Å². The van der Waals surface area contributed by atoms with Gasteiger partial charge in [-0.3, -0.25) is 38.7 Å². The molecule has 9 aliphatic heterocycles. The van der Waals surface area contributed by atoms with Gasteiger partial charge >= 0.3 is 17.9 Å². The van der Waals surface area contributed by atoms with E-state index in [2.05, 4.69) is 46.4 Å². The number of carbonyl (C=O) groups excluding carboxylic acids is 6. The molecule has 4 aromatic carbocycles. The number of hydrogen-bond donors (Lipinski definition) is 0. The van der Waals surface area contributed by atoms with E-state index in [1.54, 1.807) is 6.20 Å². The Morgan fingerprint density at radius 2 is 0.692 bits per heavy atom. The molecule has 3 aliphatic carbocycles. The second-order valence-corrected chi connectivity index (χ2v) is 33.6. The van der Waals surface area contributed by atoms with Crippen LogP contribution in [0.15, 0.2) is 158 Å². The molecule has 6 aromatic rings. The topological polar surface area (TPSA) is 156 Å². The van der Waals surface area contributed by atoms with Gasteiger partial charge in [-0.05, 0) is 104 Å². The van der Waals surface area contributed by atoms with Crippen molar-refractivity contribution in [2.75, 3.05) is 78.5 Å². The molecule has 9 saturated heterocycles. The number of Topliss-reactive ketones (excluding diaryl/α,β-unsaturated/α-hetero) is 3. The van der Waals surface area contributed by atoms with Gasteiger partial charge in [-0.25, -0.2) is 0 Å². The van der Waals surface area contributed by atoms with Gasteiger partial charge in [-0.2, -0.15) is 0 Å². The highest BCUT2D eigenvalue weighted by Crippen LogP contribution is 2.47. The van der Waals surface area contributed by atoms with Gasteiger partial charge in [0.2, 0.25) is 0 Å². The third-order valence-corrected chi connectivity index (χ3v) is 26.4. The van der Waals surface area contributed by atoms with Crippen molar-refractivity contribution >= 4 is 35.3 Å². The van der Waals surface area contributed by atoms with Crippen molar-refractivity contribution in [3.05, 3.63) is 225 Å². The summed E-state index contributed by atoms with van der Waals surface area (Å²) in [7, 11) is 0. The summed E-state index contributed by atoms with van der Waals surface area (Å²) in [6.45, 7) is 14.0. The van der Waals surface area contributed by atoms with Gasteiger partial charge in [0.25, 0.3) is 0 Å². The van der Waals surface area contributed by atoms with Crippen LogP contribution in [0.3, 0.4) is 0 Å². The lowest BCUT2D eigenvalue weighted by Gasteiger charge is -2.52. The molecule has 576 valence electrons. The Kier molecular flexibility index (Phi) is 28.5. The van der Waals surface area contributed by atoms with Crippen LogP contribution in [0.4, 0.5) is 0 Å². The average Bonchev–Trinajstić information content (AvgIpc) is 0.946. The van der Waals surface area contributed by atoms with E-state index < -0.39 is 16.2 Å². The first-order chi connectivity index (χ1) is 50.5. The van der Waals surface area contributed by atoms with E-state index in [0.29, 0.717) is 62.4 Å². The van der Waals surface area contributed by atoms with Crippen molar-refractivity contribution in [1.82, 2.24) is 9.97 Å². The summed E-state index contributed by atoms with van der Waals surface area (Å²) in [5.41, 5.74) is 6.78. The number of esters is 3. The molecule has 107 heavy (non-hydrogen) atoms. The molecule has 12 aliphatic rings. The lowest BCUT2D eigenvalue weighted by molar-refractivity contribution is -0.939. The number of quaternary nitrogens is 3. The van der Waals surface area contributed by atoms with Crippen molar-refractivity contribution in [1.29, 1.82) is 0 Å². The number of pyridine rings is 2. The van der Waals surface area contributed by atoms with E-state index in [1.807, 2.05) is 129 Å². The lowest BCUT2D eigenvalue weighted by atomic mass is 9.74. The molecule has 6 bridgehead atoms. The van der Waals surface area contributed by atoms with Crippen LogP contribution in [0.5, 0.6) is 0 Å². The van der Waals surface area contributed by atoms with Crippen LogP contribution in [0.2, 0.25) is 0 Å². The predicted molar refractivity (Wildman–Crippen MR) is 424 cm³/mol. The number of carbonyl (C=O) groups is 6. The number of hydrogen-bond acceptors (Lipinski definition) is 11. The highest BCUT2D eigenvalue weighted by Gasteiger charge is 2.55. The molecular formula is C93H125N5O9. The van der Waals surface area contributed by atoms with Crippen molar-refractivity contribution in [2.45, 2.75) is 222 Å². The van der Waals surface area contributed by atoms with E-state index in [-0.39, 0.29) is 70.1 Å². The maximum Gasteiger partial charge on any atom is 0.317 e. The first-order valence-electron chi connectivity index (χ1n) is 40.3. The fourth-order valence-electron chi connectivity index (χ4n) is 20.4. The minimum atomic E-state index is -0.526. The molecule has 0 unspecified atom stereocenters. The molecular weight excluding hydrogens is 1330 g/mol. The minimum Gasteiger partial charge on any atom is -0.455 e. The number of piperidine rings is 9. The van der Waals surface area contributed by atoms with Crippen molar-refractivity contribution in [2.24, 2.45) is 17.8 Å². The summed E-state index contributed by atoms with van der Waals surface area (Å²) >= 11 is 0. The molecule has 0 N–H and O–H groups in total. The summed E-state index contributed by atoms with van der Waals surface area (Å²) in [5, 5.41) is 0. The van der Waals surface area contributed by atoms with Crippen molar-refractivity contribution in [3.63, 3.8) is 0 Å². The highest BCUT2D eigenvalue weighted by molar-refractivity contribution is 5.86. The fraction of sp³-hybridized carbons (Fsp3) is 0.538. The van der Waals surface area contributed by atoms with E-state index in [4.69, 9.17) is 14.2 Å². The van der Waals surface area contributed by atoms with E-state index in [0.717, 1.165) is 233 Å². The Labute approximate surface area is 641 Å². The second-order valence-electron chi connectivity index (χ2n) is 33.6. The van der Waals surface area contributed by atoms with E-state index in [9.17, 15) is 28.8 Å². The van der Waals surface area contributed by atoms with E-state index >= 15 is 0 Å². The summed E-state index contributed by atoms with van der Waals surface area (Å²) in [6.07, 6.45) is 29.8. The summed E-state index contributed by atoms with van der Waals surface area (Å²) in [5.74, 6) is 2.00. The number of aromatic nitrogens is 2. The molecule has 12 fully saturated rings. The maximum atomic E-state index is 13.9. The van der Waals surface area contributed by atoms with Crippen molar-refractivity contribution < 1.29 is 56.4 Å². The number of nitrogens with zero attached hydrogens (tertiary/aromatic N) is 5. The quantitative estimate of drug-likeness (QED) is 0.0222. The van der Waals surface area contributed by atoms with Gasteiger partial charge in [0.1, 0.15) is 39.3 Å². The normalized spacial score (nSPS) is 27.0. The van der Waals surface area contributed by atoms with Crippen LogP contribution in [-0.2, 0) is 78.5 Å². The second kappa shape index (κ2) is 37.3. The largest absolute Gasteiger partial charge is 0.455 e. The smallest absolute Gasteiger partial charge is 0.317 e. The molecule has 0 radical (unpaired) electrons. The third-order valence-electron chi connectivity index (χ3n) is 26.4. The summed E-state index contributed by atoms with van der Waals surface area (Å²) in [6, 6.07) is 48.9. The molecule has 11 heterocycles. The predicted octanol–water partition coefficient (Wildman–Crippen LogP) is 16.5. The highest BCUT2D eigenvalue weighted by atomic mass is 16.6. The van der Waals surface area contributed by atoms with Crippen LogP contribution in [-0.4, -0.2) is 156 Å². The Balaban J connectivity index is 0.000000169. The Morgan fingerprint density at radius 3 is 1.01 bits per heavy atom. The Bertz CT molecular complexity index is 3820. The molecule has 18 rings (SSSR count). The fourth-order valence-corrected chi connectivity index (χ4v) is 20.4. The molecule has 0 spiro atoms. The van der Waals surface area contributed by atoms with Gasteiger partial charge < -0.3 is 49.9 Å². The molecule has 3 atom stereocenters. The third kappa shape index (κ3) is 19.7. The first-order valence-corrected chi connectivity index (χ1v) is 40.3. The molecule has 2 aromatic heterocycles. The molecule has 14 heteroatoms. The Hall–Kier alpha value is -7.52. The number of ketones is 3. The van der Waals surface area contributed by atoms with Crippen LogP contribution in [0.1, 0.15) is 199 Å². The average molecular weight is 1460 g/mol. The lowest BCUT2D eigenvalue weighted by Crippen LogP contribution is -2.66. The number of ether oxygens (including phenoxy) is 3. The van der Waals surface area contributed by atoms with Gasteiger partial charge in [0, 0.05) is 92.9 Å². The van der Waals surface area contributed by atoms with Crippen molar-refractivity contribution in [3.8, 4) is 0 Å². The van der Waals surface area contributed by atoms with E-state index in [1.165, 1.54) is 38.5 Å². The van der Waals surface area contributed by atoms with Crippen LogP contribution in [0, 0.1) is 53.9 Å². The number of fused-ring (bicyclic) bond motifs is 9. The number of benzene rings is 4. The SMILES string of the molecule is Cc1cc(CC(=O)C[N+]23CCC(CC2)[C@@H](OC(=O)C2(c4ccccc4)CCCCCC2)C3)ccn1.Cc1ccc(CC(=O)C[N+]23CCC(CC2)[C@@H](OC(=O)C2(c4ccccc4)CCCCCC2)C3)nc1.O=C(Cc1ccccc1)C[N+]12CCC(CC1)[C@@H](OC(=O)C1(c3ccccc3)CCCCCC1)C2.[CH3-].[CH3-].[CH3-]. The van der Waals surface area contributed by atoms with Gasteiger partial charge in [0.15, 0.2) is 35.7 Å². The molecule has 3 saturated carbocycles. The van der Waals surface area contributed by atoms with Gasteiger partial charge in [-0.1, -0.05) is 204 Å². The zero-order chi connectivity index (χ0) is 72.0. The van der Waals surface area contributed by atoms with Gasteiger partial charge in [-0.15, -0.1) is 0 Å². The number of rotatable bonds is 21. The number of aryl methyl sites for hydroxylation is 2. The summed E-state index contributed by atoms with van der Waals surface area (Å²) < 4.78 is 21.6. The molecule has 14 nitrogen and oxygen atoms in total. The Morgan fingerprint density at radius 1 is 0.374 bits per heavy atom. The zero-order valence-electron chi connectivity index (χ0n) is 65.5. The summed E-state index contributed by atoms with van der Waals surface area (Å²) in [4.78, 5) is 89.5. The van der Waals surface area contributed by atoms with Crippen LogP contribution >= 0.6 is 0 Å². The maximum absolute atomic E-state index is 13.9. The van der Waals surface area contributed by atoms with Crippen LogP contribution < -0.4 is 0 Å². The first kappa shape index (κ1) is 82.0. The standard InChI is InChI=1S/2C30H39N2O3.C30H38NO3.3CH3/c1-23-19-24(11-16-31-23)20-27(33)21-32-17-12-25(13-18-32)28(22-32)35-29(34)30(14-7-2-3-8-15-30)26-9-5-4-6-10-26;1-23-11-12-26(31-20-23)19-27(33)21-32-17-13-24(14-18-32)28(22-32)35-29(34)30(15-7-2-3-8-16-30)25-9-5-4-6-10-25;32-27(21-24-11-5-3-6-12-24)22-31-19-15-25(16-20-31)28(23-31)34-29(33)30(17-9-1-2-10-18-30)26-13-7-4-8-14-26;;;/h4-6,9-11,16,19,25,28H,2-3,7-8,12-15,17-18,20-22H2,1H3;4-6,9-12,20,24,28H,2-3,7-8,13-19,21-22H2,1H3;3-8,11-14,25,28H,1-2,9-10,15-23H2;3*1H3/q3*+1;3*-1/t25?,28-,32?;24?,28-,32?;25?,28-,31?;;;/m000.../s1. The minimum absolute atomic E-state index is 0. The van der Waals surface area contributed by atoms with Crippen LogP contribution in [0.25, 0.3) is 0 Å². The zero-order valence-corrected chi connectivity index (χ0v) is 65.5. The molecule has 0 amide bonds. The monoisotopic (exact) mass is 1460 g/mol.